The molecule has 2 N–H and O–H groups in total. The average molecular weight is 373 g/mol. The number of fused-ring (bicyclic) bond motifs is 1. The van der Waals surface area contributed by atoms with E-state index in [1.807, 2.05) is 66.9 Å². The summed E-state index contributed by atoms with van der Waals surface area (Å²) >= 11 is 1.68. The molecule has 0 atom stereocenters. The molecule has 0 saturated carbocycles. The highest BCUT2D eigenvalue weighted by Crippen LogP contribution is 2.23. The molecule has 0 bridgehead atoms. The zero-order valence-corrected chi connectivity index (χ0v) is 15.5. The number of benzene rings is 2. The molecule has 0 fully saturated rings. The molecule has 0 unspecified atom stereocenters. The van der Waals surface area contributed by atoms with E-state index < -0.39 is 0 Å². The number of hydrogen-bond acceptors (Lipinski definition) is 3. The topological polar surface area (TPSA) is 57.8 Å². The highest BCUT2D eigenvalue weighted by Gasteiger charge is 2.09. The fraction of sp³-hybridized carbons (Fsp3) is 0.0909. The van der Waals surface area contributed by atoms with Gasteiger partial charge in [-0.25, -0.2) is 4.98 Å². The number of hydrogen-bond donors (Lipinski definition) is 2. The number of thioether (sulfide) groups is 1. The maximum absolute atomic E-state index is 12.5. The molecular formula is C22H19N3OS. The Morgan fingerprint density at radius 3 is 2.81 bits per heavy atom. The Bertz CT molecular complexity index is 1060. The molecule has 27 heavy (non-hydrogen) atoms. The summed E-state index contributed by atoms with van der Waals surface area (Å²) < 4.78 is 0. The van der Waals surface area contributed by atoms with Crippen molar-refractivity contribution in [1.82, 2.24) is 9.97 Å². The lowest BCUT2D eigenvalue weighted by Gasteiger charge is -2.07. The molecule has 4 nitrogen and oxygen atoms in total. The highest BCUT2D eigenvalue weighted by molar-refractivity contribution is 7.98. The Kier molecular flexibility index (Phi) is 5.21. The smallest absolute Gasteiger partial charge is 0.228 e. The number of pyridine rings is 1. The van der Waals surface area contributed by atoms with Crippen LogP contribution in [0.2, 0.25) is 0 Å². The van der Waals surface area contributed by atoms with Gasteiger partial charge in [-0.3, -0.25) is 4.79 Å². The molecule has 0 aliphatic carbocycles. The summed E-state index contributed by atoms with van der Waals surface area (Å²) in [5, 5.41) is 5.09. The normalized spacial score (nSPS) is 10.8. The van der Waals surface area contributed by atoms with Gasteiger partial charge >= 0.3 is 0 Å². The van der Waals surface area contributed by atoms with Crippen LogP contribution in [0.25, 0.3) is 10.9 Å². The predicted molar refractivity (Wildman–Crippen MR) is 111 cm³/mol. The van der Waals surface area contributed by atoms with Crippen molar-refractivity contribution in [3.8, 4) is 0 Å². The standard InChI is InChI=1S/C22H19N3OS/c26-21(13-17-14-24-20-9-2-1-8-19(17)20)25-18-7-5-6-16(12-18)15-27-22-10-3-4-11-23-22/h1-12,14,24H,13,15H2,(H,25,26). The molecule has 134 valence electrons. The third-order valence-electron chi connectivity index (χ3n) is 4.26. The van der Waals surface area contributed by atoms with Crippen LogP contribution < -0.4 is 5.32 Å². The monoisotopic (exact) mass is 373 g/mol. The summed E-state index contributed by atoms with van der Waals surface area (Å²) in [7, 11) is 0. The van der Waals surface area contributed by atoms with Crippen LogP contribution in [-0.4, -0.2) is 15.9 Å². The molecule has 0 aliphatic heterocycles. The van der Waals surface area contributed by atoms with Crippen LogP contribution in [-0.2, 0) is 17.0 Å². The Morgan fingerprint density at radius 1 is 1.04 bits per heavy atom. The van der Waals surface area contributed by atoms with Gasteiger partial charge in [-0.05, 0) is 41.5 Å². The zero-order valence-electron chi connectivity index (χ0n) is 14.7. The van der Waals surface area contributed by atoms with E-state index in [-0.39, 0.29) is 5.91 Å². The SMILES string of the molecule is O=C(Cc1c[nH]c2ccccc12)Nc1cccc(CSc2ccccn2)c1. The second kappa shape index (κ2) is 8.10. The number of H-pyrrole nitrogens is 1. The molecule has 2 aromatic heterocycles. The maximum Gasteiger partial charge on any atom is 0.228 e. The molecule has 0 saturated heterocycles. The lowest BCUT2D eigenvalue weighted by atomic mass is 10.1. The first-order valence-electron chi connectivity index (χ1n) is 8.75. The van der Waals surface area contributed by atoms with Crippen molar-refractivity contribution in [3.05, 3.63) is 90.3 Å². The molecule has 0 aliphatic rings. The van der Waals surface area contributed by atoms with Gasteiger partial charge in [0.15, 0.2) is 0 Å². The number of aromatic amines is 1. The number of anilines is 1. The van der Waals surface area contributed by atoms with Crippen molar-refractivity contribution < 1.29 is 4.79 Å². The van der Waals surface area contributed by atoms with E-state index >= 15 is 0 Å². The maximum atomic E-state index is 12.5. The van der Waals surface area contributed by atoms with Crippen LogP contribution in [0, 0.1) is 0 Å². The van der Waals surface area contributed by atoms with Crippen molar-refractivity contribution >= 4 is 34.3 Å². The van der Waals surface area contributed by atoms with Crippen molar-refractivity contribution in [3.63, 3.8) is 0 Å². The van der Waals surface area contributed by atoms with E-state index in [1.54, 1.807) is 18.0 Å². The Balaban J connectivity index is 1.39. The van der Waals surface area contributed by atoms with Crippen molar-refractivity contribution in [2.75, 3.05) is 5.32 Å². The van der Waals surface area contributed by atoms with Gasteiger partial charge in [0.1, 0.15) is 0 Å². The lowest BCUT2D eigenvalue weighted by Crippen LogP contribution is -2.14. The first kappa shape index (κ1) is 17.4. The predicted octanol–water partition coefficient (Wildman–Crippen LogP) is 5.04. The summed E-state index contributed by atoms with van der Waals surface area (Å²) in [6, 6.07) is 21.9. The number of nitrogens with one attached hydrogen (secondary N) is 2. The minimum absolute atomic E-state index is 0.0192. The number of carbonyl (C=O) groups excluding carboxylic acids is 1. The van der Waals surface area contributed by atoms with E-state index in [0.717, 1.165) is 38.5 Å². The summed E-state index contributed by atoms with van der Waals surface area (Å²) in [6.45, 7) is 0. The third-order valence-corrected chi connectivity index (χ3v) is 5.28. The molecule has 1 amide bonds. The van der Waals surface area contributed by atoms with Crippen molar-refractivity contribution in [2.45, 2.75) is 17.2 Å². The Labute approximate surface area is 162 Å². The Hall–Kier alpha value is -3.05. The molecule has 4 aromatic rings. The molecular weight excluding hydrogens is 354 g/mol. The molecule has 2 heterocycles. The highest BCUT2D eigenvalue weighted by atomic mass is 32.2. The molecule has 2 aromatic carbocycles. The van der Waals surface area contributed by atoms with E-state index in [1.165, 1.54) is 0 Å². The van der Waals surface area contributed by atoms with E-state index in [2.05, 4.69) is 21.4 Å². The van der Waals surface area contributed by atoms with E-state index in [4.69, 9.17) is 0 Å². The zero-order chi connectivity index (χ0) is 18.5. The summed E-state index contributed by atoms with van der Waals surface area (Å²) in [4.78, 5) is 20.0. The van der Waals surface area contributed by atoms with Gasteiger partial charge in [-0.2, -0.15) is 0 Å². The van der Waals surface area contributed by atoms with Gasteiger partial charge in [-0.15, -0.1) is 11.8 Å². The summed E-state index contributed by atoms with van der Waals surface area (Å²) in [5.74, 6) is 0.790. The van der Waals surface area contributed by atoms with Gasteiger partial charge in [0.2, 0.25) is 5.91 Å². The van der Waals surface area contributed by atoms with Crippen LogP contribution in [0.4, 0.5) is 5.69 Å². The van der Waals surface area contributed by atoms with Gasteiger partial charge in [-0.1, -0.05) is 36.4 Å². The molecule has 0 radical (unpaired) electrons. The largest absolute Gasteiger partial charge is 0.361 e. The van der Waals surface area contributed by atoms with Crippen LogP contribution in [0.1, 0.15) is 11.1 Å². The van der Waals surface area contributed by atoms with Crippen LogP contribution in [0.5, 0.6) is 0 Å². The van der Waals surface area contributed by atoms with E-state index in [0.29, 0.717) is 6.42 Å². The Morgan fingerprint density at radius 2 is 1.93 bits per heavy atom. The molecule has 5 heteroatoms. The number of rotatable bonds is 6. The average Bonchev–Trinajstić information content (AvgIpc) is 3.10. The van der Waals surface area contributed by atoms with Crippen molar-refractivity contribution in [2.24, 2.45) is 0 Å². The van der Waals surface area contributed by atoms with Crippen LogP contribution in [0.15, 0.2) is 84.1 Å². The fourth-order valence-electron chi connectivity index (χ4n) is 2.98. The lowest BCUT2D eigenvalue weighted by molar-refractivity contribution is -0.115. The van der Waals surface area contributed by atoms with Gasteiger partial charge in [0, 0.05) is 34.7 Å². The number of aromatic nitrogens is 2. The summed E-state index contributed by atoms with van der Waals surface area (Å²) in [5.41, 5.74) is 4.02. The summed E-state index contributed by atoms with van der Waals surface area (Å²) in [6.07, 6.45) is 4.05. The number of carbonyl (C=O) groups is 1. The minimum atomic E-state index is -0.0192. The fourth-order valence-corrected chi connectivity index (χ4v) is 3.79. The first-order valence-corrected chi connectivity index (χ1v) is 9.74. The second-order valence-electron chi connectivity index (χ2n) is 6.24. The number of amides is 1. The molecule has 4 rings (SSSR count). The van der Waals surface area contributed by atoms with Gasteiger partial charge in [0.05, 0.1) is 11.4 Å². The number of nitrogens with zero attached hydrogens (tertiary/aromatic N) is 1. The van der Waals surface area contributed by atoms with E-state index in [9.17, 15) is 4.79 Å². The minimum Gasteiger partial charge on any atom is -0.361 e. The van der Waals surface area contributed by atoms with Crippen LogP contribution in [0.3, 0.4) is 0 Å². The third kappa shape index (κ3) is 4.38. The van der Waals surface area contributed by atoms with Gasteiger partial charge in [0.25, 0.3) is 0 Å². The quantitative estimate of drug-likeness (QED) is 0.466. The van der Waals surface area contributed by atoms with Crippen LogP contribution >= 0.6 is 11.8 Å². The molecule has 0 spiro atoms. The van der Waals surface area contributed by atoms with Crippen molar-refractivity contribution in [1.29, 1.82) is 0 Å². The van der Waals surface area contributed by atoms with Gasteiger partial charge < -0.3 is 10.3 Å². The first-order chi connectivity index (χ1) is 13.3. The second-order valence-corrected chi connectivity index (χ2v) is 7.24. The number of para-hydroxylation sites is 1.